The molecular weight excluding hydrogens is 250 g/mol. The monoisotopic (exact) mass is 269 g/mol. The van der Waals surface area contributed by atoms with Crippen molar-refractivity contribution >= 4 is 23.2 Å². The number of hydrogen-bond acceptors (Lipinski definition) is 5. The molecule has 0 bridgehead atoms. The first kappa shape index (κ1) is 13.4. The van der Waals surface area contributed by atoms with Crippen molar-refractivity contribution in [2.45, 2.75) is 25.3 Å². The van der Waals surface area contributed by atoms with Gasteiger partial charge in [-0.15, -0.1) is 0 Å². The van der Waals surface area contributed by atoms with Crippen LogP contribution < -0.4 is 10.6 Å². The fourth-order valence-electron chi connectivity index (χ4n) is 2.40. The average molecular weight is 270 g/mol. The summed E-state index contributed by atoms with van der Waals surface area (Å²) in [6, 6.07) is 0.632. The van der Waals surface area contributed by atoms with Crippen LogP contribution in [0, 0.1) is 0 Å². The molecule has 2 N–H and O–H groups in total. The van der Waals surface area contributed by atoms with Crippen LogP contribution in [-0.2, 0) is 0 Å². The predicted octanol–water partition coefficient (Wildman–Crippen LogP) is 1.63. The van der Waals surface area contributed by atoms with Crippen LogP contribution in [0.15, 0.2) is 6.33 Å². The van der Waals surface area contributed by atoms with Gasteiger partial charge < -0.3 is 15.5 Å². The lowest BCUT2D eigenvalue weighted by molar-refractivity contribution is 0.272. The van der Waals surface area contributed by atoms with Gasteiger partial charge in [0.1, 0.15) is 17.2 Å². The second kappa shape index (κ2) is 5.71. The van der Waals surface area contributed by atoms with Gasteiger partial charge in [0.15, 0.2) is 5.82 Å². The summed E-state index contributed by atoms with van der Waals surface area (Å²) in [6.07, 6.45) is 4.95. The number of anilines is 2. The van der Waals surface area contributed by atoms with E-state index < -0.39 is 0 Å². The molecule has 0 amide bonds. The second-order valence-electron chi connectivity index (χ2n) is 4.93. The molecule has 0 aliphatic carbocycles. The molecule has 0 aromatic carbocycles. The normalized spacial score (nSPS) is 21.1. The SMILES string of the molecule is CN(C)C1CCCN(c2ncnc(N)c2Cl)CC1. The number of nitrogens with zero attached hydrogens (tertiary/aromatic N) is 4. The van der Waals surface area contributed by atoms with Gasteiger partial charge in [-0.3, -0.25) is 0 Å². The quantitative estimate of drug-likeness (QED) is 0.884. The Hall–Kier alpha value is -1.07. The maximum atomic E-state index is 6.18. The van der Waals surface area contributed by atoms with Gasteiger partial charge in [0.25, 0.3) is 0 Å². The van der Waals surface area contributed by atoms with Crippen LogP contribution in [0.25, 0.3) is 0 Å². The summed E-state index contributed by atoms with van der Waals surface area (Å²) in [5.74, 6) is 1.12. The Bertz CT molecular complexity index is 409. The molecule has 6 heteroatoms. The number of aromatic nitrogens is 2. The molecule has 1 aromatic heterocycles. The highest BCUT2D eigenvalue weighted by Crippen LogP contribution is 2.29. The van der Waals surface area contributed by atoms with E-state index in [0.717, 1.165) is 31.7 Å². The summed E-state index contributed by atoms with van der Waals surface area (Å²) in [5.41, 5.74) is 5.72. The molecule has 5 nitrogen and oxygen atoms in total. The van der Waals surface area contributed by atoms with Crippen LogP contribution >= 0.6 is 11.6 Å². The van der Waals surface area contributed by atoms with Gasteiger partial charge in [0.05, 0.1) is 0 Å². The Morgan fingerprint density at radius 2 is 2.11 bits per heavy atom. The summed E-state index contributed by atoms with van der Waals surface area (Å²) in [6.45, 7) is 1.93. The van der Waals surface area contributed by atoms with Gasteiger partial charge in [0, 0.05) is 19.1 Å². The lowest BCUT2D eigenvalue weighted by Gasteiger charge is -2.24. The summed E-state index contributed by atoms with van der Waals surface area (Å²) < 4.78 is 0. The molecule has 18 heavy (non-hydrogen) atoms. The van der Waals surface area contributed by atoms with Crippen LogP contribution in [0.4, 0.5) is 11.6 Å². The molecule has 2 heterocycles. The highest BCUT2D eigenvalue weighted by atomic mass is 35.5. The first-order valence-corrected chi connectivity index (χ1v) is 6.64. The molecule has 0 spiro atoms. The summed E-state index contributed by atoms with van der Waals surface area (Å²) in [5, 5.41) is 0.473. The number of halogens is 1. The highest BCUT2D eigenvalue weighted by molar-refractivity contribution is 6.35. The van der Waals surface area contributed by atoms with Gasteiger partial charge in [0.2, 0.25) is 0 Å². The maximum Gasteiger partial charge on any atom is 0.153 e. The Morgan fingerprint density at radius 1 is 1.33 bits per heavy atom. The van der Waals surface area contributed by atoms with E-state index >= 15 is 0 Å². The van der Waals surface area contributed by atoms with Crippen molar-refractivity contribution in [1.29, 1.82) is 0 Å². The smallest absolute Gasteiger partial charge is 0.153 e. The summed E-state index contributed by atoms with van der Waals surface area (Å²) in [7, 11) is 4.27. The molecule has 100 valence electrons. The van der Waals surface area contributed by atoms with Crippen LogP contribution in [0.3, 0.4) is 0 Å². The zero-order chi connectivity index (χ0) is 13.1. The summed E-state index contributed by atoms with van der Waals surface area (Å²) >= 11 is 6.18. The van der Waals surface area contributed by atoms with E-state index in [-0.39, 0.29) is 0 Å². The lowest BCUT2D eigenvalue weighted by Crippen LogP contribution is -2.30. The van der Waals surface area contributed by atoms with Crippen molar-refractivity contribution < 1.29 is 0 Å². The molecule has 1 aliphatic heterocycles. The predicted molar refractivity (Wildman–Crippen MR) is 75.0 cm³/mol. The number of hydrogen-bond donors (Lipinski definition) is 1. The highest BCUT2D eigenvalue weighted by Gasteiger charge is 2.21. The van der Waals surface area contributed by atoms with Gasteiger partial charge >= 0.3 is 0 Å². The molecule has 0 saturated carbocycles. The minimum absolute atomic E-state index is 0.357. The maximum absolute atomic E-state index is 6.18. The Labute approximate surface area is 113 Å². The van der Waals surface area contributed by atoms with Gasteiger partial charge in [-0.2, -0.15) is 0 Å². The van der Waals surface area contributed by atoms with Crippen molar-refractivity contribution in [3.63, 3.8) is 0 Å². The van der Waals surface area contributed by atoms with E-state index in [4.69, 9.17) is 17.3 Å². The molecular formula is C12H20ClN5. The minimum atomic E-state index is 0.357. The molecule has 1 saturated heterocycles. The molecule has 1 aromatic rings. The van der Waals surface area contributed by atoms with Crippen molar-refractivity contribution in [1.82, 2.24) is 14.9 Å². The van der Waals surface area contributed by atoms with Crippen LogP contribution in [0.1, 0.15) is 19.3 Å². The third kappa shape index (κ3) is 2.84. The number of nitrogens with two attached hydrogens (primary N) is 1. The van der Waals surface area contributed by atoms with E-state index in [1.54, 1.807) is 0 Å². The van der Waals surface area contributed by atoms with E-state index in [2.05, 4.69) is 33.9 Å². The first-order chi connectivity index (χ1) is 8.59. The zero-order valence-corrected chi connectivity index (χ0v) is 11.7. The van der Waals surface area contributed by atoms with E-state index in [9.17, 15) is 0 Å². The van der Waals surface area contributed by atoms with Gasteiger partial charge in [-0.05, 0) is 33.4 Å². The molecule has 1 fully saturated rings. The van der Waals surface area contributed by atoms with E-state index in [0.29, 0.717) is 16.9 Å². The third-order valence-corrected chi connectivity index (χ3v) is 3.89. The minimum Gasteiger partial charge on any atom is -0.382 e. The van der Waals surface area contributed by atoms with E-state index in [1.807, 2.05) is 0 Å². The molecule has 1 atom stereocenters. The molecule has 1 unspecified atom stereocenters. The largest absolute Gasteiger partial charge is 0.382 e. The topological polar surface area (TPSA) is 58.3 Å². The number of nitrogen functional groups attached to an aromatic ring is 1. The van der Waals surface area contributed by atoms with E-state index in [1.165, 1.54) is 12.7 Å². The lowest BCUT2D eigenvalue weighted by atomic mass is 10.1. The molecule has 2 rings (SSSR count). The Kier molecular flexibility index (Phi) is 4.24. The zero-order valence-electron chi connectivity index (χ0n) is 10.9. The second-order valence-corrected chi connectivity index (χ2v) is 5.31. The van der Waals surface area contributed by atoms with Crippen LogP contribution in [-0.4, -0.2) is 48.1 Å². The van der Waals surface area contributed by atoms with Gasteiger partial charge in [-0.25, -0.2) is 9.97 Å². The molecule has 0 radical (unpaired) electrons. The fraction of sp³-hybridized carbons (Fsp3) is 0.667. The number of rotatable bonds is 2. The Balaban J connectivity index is 2.12. The first-order valence-electron chi connectivity index (χ1n) is 6.27. The van der Waals surface area contributed by atoms with Crippen molar-refractivity contribution in [3.05, 3.63) is 11.3 Å². The fourth-order valence-corrected chi connectivity index (χ4v) is 2.62. The van der Waals surface area contributed by atoms with Crippen LogP contribution in [0.2, 0.25) is 5.02 Å². The standard InChI is InChI=1S/C12H20ClN5/c1-17(2)9-4-3-6-18(7-5-9)12-10(13)11(14)15-8-16-12/h8-9H,3-7H2,1-2H3,(H2,14,15,16). The van der Waals surface area contributed by atoms with Gasteiger partial charge in [-0.1, -0.05) is 11.6 Å². The summed E-state index contributed by atoms with van der Waals surface area (Å²) in [4.78, 5) is 12.7. The molecule has 1 aliphatic rings. The third-order valence-electron chi connectivity index (χ3n) is 3.53. The van der Waals surface area contributed by atoms with Crippen LogP contribution in [0.5, 0.6) is 0 Å². The van der Waals surface area contributed by atoms with Crippen molar-refractivity contribution in [2.75, 3.05) is 37.8 Å². The average Bonchev–Trinajstić information content (AvgIpc) is 2.58. The van der Waals surface area contributed by atoms with Crippen molar-refractivity contribution in [2.24, 2.45) is 0 Å². The Morgan fingerprint density at radius 3 is 2.83 bits per heavy atom. The van der Waals surface area contributed by atoms with Crippen molar-refractivity contribution in [3.8, 4) is 0 Å².